The Morgan fingerprint density at radius 1 is 1.30 bits per heavy atom. The molecule has 0 radical (unpaired) electrons. The predicted molar refractivity (Wildman–Crippen MR) is 72.4 cm³/mol. The Labute approximate surface area is 116 Å². The number of hydrogen-bond acceptors (Lipinski definition) is 6. The molecule has 0 amide bonds. The number of rotatable bonds is 7. The minimum absolute atomic E-state index is 0.170. The van der Waals surface area contributed by atoms with Crippen LogP contribution in [0, 0.1) is 17.0 Å². The van der Waals surface area contributed by atoms with Gasteiger partial charge >= 0.3 is 0 Å². The summed E-state index contributed by atoms with van der Waals surface area (Å²) >= 11 is 0. The molecule has 7 nitrogen and oxygen atoms in total. The Bertz CT molecular complexity index is 583. The van der Waals surface area contributed by atoms with E-state index in [-0.39, 0.29) is 10.6 Å². The molecule has 0 fully saturated rings. The lowest BCUT2D eigenvalue weighted by atomic mass is 10.1. The second kappa shape index (κ2) is 6.76. The van der Waals surface area contributed by atoms with Crippen molar-refractivity contribution in [3.8, 4) is 0 Å². The SMILES string of the molecule is Cc1nc(CCNCCc2ccccc2[N+](=O)[O-])no1. The first-order valence-electron chi connectivity index (χ1n) is 6.39. The molecule has 1 aromatic carbocycles. The fourth-order valence-electron chi connectivity index (χ4n) is 1.89. The number of para-hydroxylation sites is 1. The van der Waals surface area contributed by atoms with Crippen molar-refractivity contribution in [1.82, 2.24) is 15.5 Å². The number of nitrogens with zero attached hydrogens (tertiary/aromatic N) is 3. The van der Waals surface area contributed by atoms with Crippen LogP contribution in [0.1, 0.15) is 17.3 Å². The van der Waals surface area contributed by atoms with Crippen molar-refractivity contribution in [3.05, 3.63) is 51.7 Å². The first-order chi connectivity index (χ1) is 9.66. The Hall–Kier alpha value is -2.28. The van der Waals surface area contributed by atoms with Gasteiger partial charge in [-0.3, -0.25) is 10.1 Å². The summed E-state index contributed by atoms with van der Waals surface area (Å²) in [5, 5.41) is 17.9. The summed E-state index contributed by atoms with van der Waals surface area (Å²) in [6.45, 7) is 3.12. The van der Waals surface area contributed by atoms with Crippen LogP contribution in [0.4, 0.5) is 5.69 Å². The molecule has 0 saturated carbocycles. The summed E-state index contributed by atoms with van der Waals surface area (Å²) < 4.78 is 4.87. The number of nitro benzene ring substituents is 1. The van der Waals surface area contributed by atoms with E-state index in [1.807, 2.05) is 6.07 Å². The van der Waals surface area contributed by atoms with Crippen LogP contribution in [-0.4, -0.2) is 28.2 Å². The monoisotopic (exact) mass is 276 g/mol. The molecular weight excluding hydrogens is 260 g/mol. The summed E-state index contributed by atoms with van der Waals surface area (Å²) in [5.41, 5.74) is 0.906. The molecule has 106 valence electrons. The van der Waals surface area contributed by atoms with E-state index in [1.165, 1.54) is 6.07 Å². The van der Waals surface area contributed by atoms with Gasteiger partial charge in [-0.2, -0.15) is 4.98 Å². The minimum atomic E-state index is -0.350. The van der Waals surface area contributed by atoms with Gasteiger partial charge in [0.2, 0.25) is 5.89 Å². The second-order valence-corrected chi connectivity index (χ2v) is 4.37. The van der Waals surface area contributed by atoms with Crippen molar-refractivity contribution in [2.75, 3.05) is 13.1 Å². The van der Waals surface area contributed by atoms with Crippen molar-refractivity contribution in [2.24, 2.45) is 0 Å². The normalized spacial score (nSPS) is 10.7. The molecule has 7 heteroatoms. The first-order valence-corrected chi connectivity index (χ1v) is 6.39. The lowest BCUT2D eigenvalue weighted by molar-refractivity contribution is -0.385. The predicted octanol–water partition coefficient (Wildman–Crippen LogP) is 1.66. The van der Waals surface area contributed by atoms with Crippen molar-refractivity contribution in [1.29, 1.82) is 0 Å². The van der Waals surface area contributed by atoms with Crippen molar-refractivity contribution in [2.45, 2.75) is 19.8 Å². The Kier molecular flexibility index (Phi) is 4.78. The van der Waals surface area contributed by atoms with Crippen LogP contribution in [-0.2, 0) is 12.8 Å². The third kappa shape index (κ3) is 3.86. The van der Waals surface area contributed by atoms with E-state index >= 15 is 0 Å². The molecule has 0 aliphatic carbocycles. The van der Waals surface area contributed by atoms with Gasteiger partial charge in [0.25, 0.3) is 5.69 Å². The molecule has 0 atom stereocenters. The van der Waals surface area contributed by atoms with Gasteiger partial charge < -0.3 is 9.84 Å². The molecular formula is C13H16N4O3. The van der Waals surface area contributed by atoms with Crippen LogP contribution in [0.3, 0.4) is 0 Å². The molecule has 1 aromatic heterocycles. The highest BCUT2D eigenvalue weighted by atomic mass is 16.6. The molecule has 0 spiro atoms. The molecule has 20 heavy (non-hydrogen) atoms. The fourth-order valence-corrected chi connectivity index (χ4v) is 1.89. The summed E-state index contributed by atoms with van der Waals surface area (Å²) in [5.74, 6) is 1.22. The molecule has 2 aromatic rings. The van der Waals surface area contributed by atoms with Gasteiger partial charge in [-0.05, 0) is 13.0 Å². The highest BCUT2D eigenvalue weighted by Gasteiger charge is 2.11. The maximum Gasteiger partial charge on any atom is 0.272 e. The maximum absolute atomic E-state index is 10.9. The number of benzene rings is 1. The van der Waals surface area contributed by atoms with Gasteiger partial charge in [0, 0.05) is 31.5 Å². The number of hydrogen-bond donors (Lipinski definition) is 1. The largest absolute Gasteiger partial charge is 0.340 e. The number of nitro groups is 1. The molecule has 0 aliphatic rings. The number of aromatic nitrogens is 2. The van der Waals surface area contributed by atoms with E-state index in [1.54, 1.807) is 19.1 Å². The van der Waals surface area contributed by atoms with E-state index in [2.05, 4.69) is 15.5 Å². The van der Waals surface area contributed by atoms with Crippen LogP contribution < -0.4 is 5.32 Å². The zero-order valence-corrected chi connectivity index (χ0v) is 11.2. The fraction of sp³-hybridized carbons (Fsp3) is 0.385. The molecule has 0 unspecified atom stereocenters. The van der Waals surface area contributed by atoms with Crippen LogP contribution in [0.15, 0.2) is 28.8 Å². The zero-order chi connectivity index (χ0) is 14.4. The average molecular weight is 276 g/mol. The summed E-state index contributed by atoms with van der Waals surface area (Å²) in [6.07, 6.45) is 1.29. The van der Waals surface area contributed by atoms with Gasteiger partial charge in [0.05, 0.1) is 4.92 Å². The third-order valence-corrected chi connectivity index (χ3v) is 2.85. The van der Waals surface area contributed by atoms with Gasteiger partial charge in [0.1, 0.15) is 0 Å². The summed E-state index contributed by atoms with van der Waals surface area (Å²) in [6, 6.07) is 6.79. The molecule has 0 aliphatic heterocycles. The van der Waals surface area contributed by atoms with Gasteiger partial charge in [0.15, 0.2) is 5.82 Å². The highest BCUT2D eigenvalue weighted by molar-refractivity contribution is 5.39. The van der Waals surface area contributed by atoms with Crippen LogP contribution in [0.2, 0.25) is 0 Å². The van der Waals surface area contributed by atoms with Gasteiger partial charge in [-0.25, -0.2) is 0 Å². The lowest BCUT2D eigenvalue weighted by Gasteiger charge is -2.04. The van der Waals surface area contributed by atoms with E-state index in [9.17, 15) is 10.1 Å². The average Bonchev–Trinajstić information content (AvgIpc) is 2.84. The number of nitrogens with one attached hydrogen (secondary N) is 1. The maximum atomic E-state index is 10.9. The van der Waals surface area contributed by atoms with Gasteiger partial charge in [-0.15, -0.1) is 0 Å². The Balaban J connectivity index is 1.75. The molecule has 0 bridgehead atoms. The third-order valence-electron chi connectivity index (χ3n) is 2.85. The highest BCUT2D eigenvalue weighted by Crippen LogP contribution is 2.17. The van der Waals surface area contributed by atoms with Crippen molar-refractivity contribution < 1.29 is 9.45 Å². The molecule has 0 saturated heterocycles. The van der Waals surface area contributed by atoms with E-state index in [0.29, 0.717) is 37.6 Å². The standard InChI is InChI=1S/C13H16N4O3/c1-10-15-13(16-20-10)7-9-14-8-6-11-4-2-3-5-12(11)17(18)19/h2-5,14H,6-9H2,1H3. The van der Waals surface area contributed by atoms with Crippen molar-refractivity contribution >= 4 is 5.69 Å². The van der Waals surface area contributed by atoms with Crippen molar-refractivity contribution in [3.63, 3.8) is 0 Å². The summed E-state index contributed by atoms with van der Waals surface area (Å²) in [4.78, 5) is 14.6. The van der Waals surface area contributed by atoms with E-state index in [4.69, 9.17) is 4.52 Å². The first kappa shape index (κ1) is 14.1. The minimum Gasteiger partial charge on any atom is -0.340 e. The Morgan fingerprint density at radius 3 is 2.75 bits per heavy atom. The van der Waals surface area contributed by atoms with Crippen LogP contribution >= 0.6 is 0 Å². The second-order valence-electron chi connectivity index (χ2n) is 4.37. The molecule has 2 rings (SSSR count). The van der Waals surface area contributed by atoms with Crippen LogP contribution in [0.5, 0.6) is 0 Å². The van der Waals surface area contributed by atoms with E-state index < -0.39 is 0 Å². The van der Waals surface area contributed by atoms with Gasteiger partial charge in [-0.1, -0.05) is 23.4 Å². The quantitative estimate of drug-likeness (QED) is 0.469. The molecule has 1 N–H and O–H groups in total. The Morgan fingerprint density at radius 2 is 2.05 bits per heavy atom. The summed E-state index contributed by atoms with van der Waals surface area (Å²) in [7, 11) is 0. The number of aryl methyl sites for hydroxylation is 1. The molecule has 1 heterocycles. The zero-order valence-electron chi connectivity index (χ0n) is 11.2. The van der Waals surface area contributed by atoms with Crippen LogP contribution in [0.25, 0.3) is 0 Å². The topological polar surface area (TPSA) is 94.1 Å². The smallest absolute Gasteiger partial charge is 0.272 e. The lowest BCUT2D eigenvalue weighted by Crippen LogP contribution is -2.20. The van der Waals surface area contributed by atoms with E-state index in [0.717, 1.165) is 5.56 Å².